The minimum Gasteiger partial charge on any atom is -0.123 e. The third kappa shape index (κ3) is 3.74. The average molecular weight is 251 g/mol. The molecule has 0 heterocycles. The number of halogens is 1. The van der Waals surface area contributed by atoms with Crippen molar-refractivity contribution < 1.29 is 0 Å². The Morgan fingerprint density at radius 3 is 2.76 bits per heavy atom. The number of hydrogen-bond acceptors (Lipinski definition) is 0. The zero-order chi connectivity index (χ0) is 12.3. The Labute approximate surface area is 110 Å². The lowest BCUT2D eigenvalue weighted by Crippen LogP contribution is -2.09. The number of benzene rings is 1. The molecule has 1 aromatic carbocycles. The molecular formula is C16H23Cl. The molecule has 1 aliphatic rings. The standard InChI is InChI=1S/C16H23Cl/c1-12-7-8-13(2)15(9-12)10-14-5-3-4-6-16(17)11-14/h7-9,14,16H,3-6,10-11H2,1-2H3. The van der Waals surface area contributed by atoms with Crippen LogP contribution >= 0.6 is 11.6 Å². The van der Waals surface area contributed by atoms with Crippen molar-refractivity contribution in [3.05, 3.63) is 34.9 Å². The van der Waals surface area contributed by atoms with Crippen molar-refractivity contribution in [2.75, 3.05) is 0 Å². The van der Waals surface area contributed by atoms with E-state index >= 15 is 0 Å². The predicted octanol–water partition coefficient (Wildman–Crippen LogP) is 5.03. The minimum atomic E-state index is 0.410. The molecular weight excluding hydrogens is 228 g/mol. The Bertz CT molecular complexity index is 370. The SMILES string of the molecule is Cc1ccc(C)c(CC2CCCCC(Cl)C2)c1. The molecule has 17 heavy (non-hydrogen) atoms. The first-order valence-corrected chi connectivity index (χ1v) is 7.29. The van der Waals surface area contributed by atoms with Gasteiger partial charge in [0.25, 0.3) is 0 Å². The summed E-state index contributed by atoms with van der Waals surface area (Å²) in [5, 5.41) is 0.410. The quantitative estimate of drug-likeness (QED) is 0.510. The fourth-order valence-electron chi connectivity index (χ4n) is 2.91. The van der Waals surface area contributed by atoms with Crippen LogP contribution in [0.25, 0.3) is 0 Å². The van der Waals surface area contributed by atoms with Crippen LogP contribution in [0.4, 0.5) is 0 Å². The van der Waals surface area contributed by atoms with Crippen molar-refractivity contribution in [3.63, 3.8) is 0 Å². The van der Waals surface area contributed by atoms with Crippen molar-refractivity contribution in [1.82, 2.24) is 0 Å². The summed E-state index contributed by atoms with van der Waals surface area (Å²) in [6.45, 7) is 4.41. The average Bonchev–Trinajstić information content (AvgIpc) is 2.48. The number of rotatable bonds is 2. The van der Waals surface area contributed by atoms with Gasteiger partial charge in [-0.25, -0.2) is 0 Å². The van der Waals surface area contributed by atoms with Crippen molar-refractivity contribution in [2.45, 2.75) is 57.7 Å². The first kappa shape index (κ1) is 13.0. The van der Waals surface area contributed by atoms with Crippen LogP contribution in [0.5, 0.6) is 0 Å². The van der Waals surface area contributed by atoms with E-state index in [9.17, 15) is 0 Å². The highest BCUT2D eigenvalue weighted by atomic mass is 35.5. The van der Waals surface area contributed by atoms with Gasteiger partial charge in [-0.2, -0.15) is 0 Å². The highest BCUT2D eigenvalue weighted by molar-refractivity contribution is 6.20. The molecule has 0 radical (unpaired) electrons. The van der Waals surface area contributed by atoms with Gasteiger partial charge >= 0.3 is 0 Å². The summed E-state index contributed by atoms with van der Waals surface area (Å²) in [5.41, 5.74) is 4.34. The number of hydrogen-bond donors (Lipinski definition) is 0. The van der Waals surface area contributed by atoms with Gasteiger partial charge in [-0.15, -0.1) is 11.6 Å². The Hall–Kier alpha value is -0.490. The molecule has 1 heteroatoms. The zero-order valence-corrected chi connectivity index (χ0v) is 11.8. The molecule has 1 aliphatic carbocycles. The van der Waals surface area contributed by atoms with Gasteiger partial charge in [0.1, 0.15) is 0 Å². The van der Waals surface area contributed by atoms with Crippen molar-refractivity contribution in [2.24, 2.45) is 5.92 Å². The summed E-state index contributed by atoms with van der Waals surface area (Å²) in [5.74, 6) is 0.792. The molecule has 94 valence electrons. The summed E-state index contributed by atoms with van der Waals surface area (Å²) in [7, 11) is 0. The largest absolute Gasteiger partial charge is 0.123 e. The lowest BCUT2D eigenvalue weighted by molar-refractivity contribution is 0.459. The normalized spacial score (nSPS) is 25.6. The molecule has 0 bridgehead atoms. The molecule has 0 saturated heterocycles. The van der Waals surface area contributed by atoms with E-state index in [1.165, 1.54) is 55.2 Å². The monoisotopic (exact) mass is 250 g/mol. The van der Waals surface area contributed by atoms with Crippen LogP contribution in [-0.2, 0) is 6.42 Å². The van der Waals surface area contributed by atoms with Gasteiger partial charge in [0.05, 0.1) is 0 Å². The highest BCUT2D eigenvalue weighted by Crippen LogP contribution is 2.30. The topological polar surface area (TPSA) is 0 Å². The first-order chi connectivity index (χ1) is 8.15. The summed E-state index contributed by atoms with van der Waals surface area (Å²) in [4.78, 5) is 0. The van der Waals surface area contributed by atoms with E-state index in [0.717, 1.165) is 5.92 Å². The van der Waals surface area contributed by atoms with E-state index in [1.54, 1.807) is 0 Å². The van der Waals surface area contributed by atoms with E-state index in [-0.39, 0.29) is 0 Å². The Morgan fingerprint density at radius 1 is 1.18 bits per heavy atom. The molecule has 0 nitrogen and oxygen atoms in total. The highest BCUT2D eigenvalue weighted by Gasteiger charge is 2.19. The summed E-state index contributed by atoms with van der Waals surface area (Å²) in [6, 6.07) is 6.80. The number of aryl methyl sites for hydroxylation is 2. The molecule has 0 amide bonds. The van der Waals surface area contributed by atoms with Gasteiger partial charge in [0.2, 0.25) is 0 Å². The van der Waals surface area contributed by atoms with Crippen LogP contribution in [0.15, 0.2) is 18.2 Å². The first-order valence-electron chi connectivity index (χ1n) is 6.85. The maximum atomic E-state index is 6.35. The molecule has 2 rings (SSSR count). The van der Waals surface area contributed by atoms with E-state index in [1.807, 2.05) is 0 Å². The Morgan fingerprint density at radius 2 is 1.94 bits per heavy atom. The molecule has 0 spiro atoms. The van der Waals surface area contributed by atoms with Gasteiger partial charge in [-0.1, -0.05) is 43.0 Å². The molecule has 0 aromatic heterocycles. The second-order valence-electron chi connectivity index (χ2n) is 5.62. The molecule has 1 fully saturated rings. The minimum absolute atomic E-state index is 0.410. The maximum Gasteiger partial charge on any atom is 0.0338 e. The van der Waals surface area contributed by atoms with Gasteiger partial charge < -0.3 is 0 Å². The fraction of sp³-hybridized carbons (Fsp3) is 0.625. The predicted molar refractivity (Wildman–Crippen MR) is 75.8 cm³/mol. The molecule has 0 N–H and O–H groups in total. The van der Waals surface area contributed by atoms with Crippen molar-refractivity contribution >= 4 is 11.6 Å². The van der Waals surface area contributed by atoms with Crippen LogP contribution in [-0.4, -0.2) is 5.38 Å². The zero-order valence-electron chi connectivity index (χ0n) is 11.0. The third-order valence-electron chi connectivity index (χ3n) is 3.98. The Balaban J connectivity index is 2.06. The molecule has 1 aromatic rings. The second kappa shape index (κ2) is 5.91. The van der Waals surface area contributed by atoms with E-state index in [0.29, 0.717) is 5.38 Å². The molecule has 0 aliphatic heterocycles. The van der Waals surface area contributed by atoms with Crippen LogP contribution < -0.4 is 0 Å². The van der Waals surface area contributed by atoms with Gasteiger partial charge in [0, 0.05) is 5.38 Å². The third-order valence-corrected chi connectivity index (χ3v) is 4.38. The lowest BCUT2D eigenvalue weighted by atomic mass is 9.90. The van der Waals surface area contributed by atoms with Gasteiger partial charge in [-0.05, 0) is 50.2 Å². The smallest absolute Gasteiger partial charge is 0.0338 e. The van der Waals surface area contributed by atoms with E-state index in [4.69, 9.17) is 11.6 Å². The number of alkyl halides is 1. The molecule has 1 saturated carbocycles. The van der Waals surface area contributed by atoms with Crippen molar-refractivity contribution in [1.29, 1.82) is 0 Å². The molecule has 2 unspecified atom stereocenters. The summed E-state index contributed by atoms with van der Waals surface area (Å²) < 4.78 is 0. The second-order valence-corrected chi connectivity index (χ2v) is 6.23. The van der Waals surface area contributed by atoms with Crippen LogP contribution in [0.1, 0.15) is 48.8 Å². The lowest BCUT2D eigenvalue weighted by Gasteiger charge is -2.17. The van der Waals surface area contributed by atoms with Gasteiger partial charge in [0.15, 0.2) is 0 Å². The maximum absolute atomic E-state index is 6.35. The van der Waals surface area contributed by atoms with Crippen LogP contribution in [0.2, 0.25) is 0 Å². The van der Waals surface area contributed by atoms with Gasteiger partial charge in [-0.3, -0.25) is 0 Å². The Kier molecular flexibility index (Phi) is 4.50. The molecule has 2 atom stereocenters. The van der Waals surface area contributed by atoms with E-state index in [2.05, 4.69) is 32.0 Å². The summed E-state index contributed by atoms with van der Waals surface area (Å²) >= 11 is 6.35. The van der Waals surface area contributed by atoms with Crippen LogP contribution in [0.3, 0.4) is 0 Å². The fourth-order valence-corrected chi connectivity index (χ4v) is 3.32. The van der Waals surface area contributed by atoms with Crippen molar-refractivity contribution in [3.8, 4) is 0 Å². The van der Waals surface area contributed by atoms with Crippen LogP contribution in [0, 0.1) is 19.8 Å². The van der Waals surface area contributed by atoms with E-state index < -0.39 is 0 Å². The summed E-state index contributed by atoms with van der Waals surface area (Å²) in [6.07, 6.45) is 7.67.